The van der Waals surface area contributed by atoms with Crippen molar-refractivity contribution >= 4 is 35.2 Å². The molecule has 1 radical (unpaired) electrons. The van der Waals surface area contributed by atoms with E-state index in [0.717, 1.165) is 75.3 Å². The Morgan fingerprint density at radius 3 is 1.66 bits per heavy atom. The zero-order valence-corrected chi connectivity index (χ0v) is 47.7. The third-order valence-electron chi connectivity index (χ3n) is 13.9. The van der Waals surface area contributed by atoms with Crippen LogP contribution in [0.1, 0.15) is 70.1 Å². The summed E-state index contributed by atoms with van der Waals surface area (Å²) in [6.45, 7) is 16.3. The van der Waals surface area contributed by atoms with Gasteiger partial charge in [-0.1, -0.05) is 200 Å². The molecule has 74 heavy (non-hydrogen) atoms. The molecule has 377 valence electrons. The first-order valence-electron chi connectivity index (χ1n) is 26.6. The van der Waals surface area contributed by atoms with Gasteiger partial charge in [0.1, 0.15) is 11.2 Å². The summed E-state index contributed by atoms with van der Waals surface area (Å²) in [4.78, 5) is 13.9. The van der Waals surface area contributed by atoms with Crippen LogP contribution in [0, 0.1) is 17.8 Å². The van der Waals surface area contributed by atoms with Gasteiger partial charge in [0.2, 0.25) is 0 Å². The van der Waals surface area contributed by atoms with E-state index < -0.39 is 8.07 Å². The van der Waals surface area contributed by atoms with E-state index >= 15 is 0 Å². The number of fused-ring (bicyclic) bond motifs is 3. The normalized spacial score (nSPS) is 12.6. The van der Waals surface area contributed by atoms with Gasteiger partial charge in [-0.05, 0) is 136 Å². The predicted octanol–water partition coefficient (Wildman–Crippen LogP) is 18.2. The summed E-state index contributed by atoms with van der Waals surface area (Å²) in [7, 11) is -1.33. The number of hydrogen-bond acceptors (Lipinski definition) is 4. The topological polar surface area (TPSA) is 51.8 Å². The van der Waals surface area contributed by atoms with Crippen LogP contribution in [0.3, 0.4) is 0 Å². The fraction of sp³-hybridized carbons (Fsp3) is 0.250. The zero-order chi connectivity index (χ0) is 50.7. The summed E-state index contributed by atoms with van der Waals surface area (Å²) in [5.74, 6) is 2.18. The van der Waals surface area contributed by atoms with E-state index in [0.29, 0.717) is 11.8 Å². The molecule has 0 amide bonds. The van der Waals surface area contributed by atoms with Crippen LogP contribution in [0.4, 0.5) is 0 Å². The molecule has 0 N–H and O–H groups in total. The van der Waals surface area contributed by atoms with Gasteiger partial charge in [-0.15, -0.1) is 0 Å². The molecule has 4 aromatic heterocycles. The molecule has 0 atom stereocenters. The maximum absolute atomic E-state index is 6.55. The van der Waals surface area contributed by atoms with Crippen LogP contribution in [0.15, 0.2) is 205 Å². The number of para-hydroxylation sites is 1. The molecular weight excluding hydrogens is 1100 g/mol. The molecule has 0 spiro atoms. The van der Waals surface area contributed by atoms with Crippen molar-refractivity contribution in [1.29, 1.82) is 0 Å². The molecule has 1 fully saturated rings. The fourth-order valence-corrected chi connectivity index (χ4v) is 12.0. The van der Waals surface area contributed by atoms with Gasteiger partial charge in [0.25, 0.3) is 0 Å². The molecule has 1 aliphatic carbocycles. The number of rotatable bonds is 12. The fourth-order valence-electron chi connectivity index (χ4n) is 10.4. The first kappa shape index (κ1) is 53.7. The minimum absolute atomic E-state index is 0. The smallest absolute Gasteiger partial charge is 0.144 e. The standard InChI is InChI=1S/C35H29NO.C18H25NSi.C15H17N.Ir/c1-2-10-26(11-3-1)27-12-6-13-28(22-27)29-16-17-30-31-14-7-15-32(35(31)37-34(30)23-29)33-21-25(18-19-36-33)20-24-8-4-5-9-24;1-14(2)11-16-12-17(15-9-7-6-8-10-15)19-13-18(16)20(3,4)5;1-12(2)10-13-8-9-16-15(11-13)14-6-4-3-5-7-14;/h1-3,6-7,10-19,21-24H,4-5,8-9,20H2;6-10,12-14H,11H2,1-5H3;3-9,11-12H,10H2,1-2H3;. The van der Waals surface area contributed by atoms with Crippen LogP contribution < -0.4 is 5.19 Å². The molecule has 11 rings (SSSR count). The monoisotopic (exact) mass is 1170 g/mol. The van der Waals surface area contributed by atoms with Gasteiger partial charge in [-0.2, -0.15) is 0 Å². The van der Waals surface area contributed by atoms with Crippen LogP contribution in [0.25, 0.3) is 78.0 Å². The summed E-state index contributed by atoms with van der Waals surface area (Å²) < 4.78 is 6.55. The molecule has 6 heteroatoms. The van der Waals surface area contributed by atoms with Crippen molar-refractivity contribution < 1.29 is 24.5 Å². The molecule has 1 aliphatic rings. The number of hydrogen-bond donors (Lipinski definition) is 0. The number of aromatic nitrogens is 3. The molecule has 0 saturated heterocycles. The largest absolute Gasteiger partial charge is 0.455 e. The first-order chi connectivity index (χ1) is 35.4. The van der Waals surface area contributed by atoms with Crippen LogP contribution in [0.5, 0.6) is 0 Å². The minimum Gasteiger partial charge on any atom is -0.455 e. The summed E-state index contributed by atoms with van der Waals surface area (Å²) in [6, 6.07) is 64.1. The van der Waals surface area contributed by atoms with Crippen LogP contribution in [0.2, 0.25) is 19.6 Å². The molecule has 6 aromatic carbocycles. The maximum Gasteiger partial charge on any atom is 0.144 e. The van der Waals surface area contributed by atoms with Crippen molar-refractivity contribution in [1.82, 2.24) is 15.0 Å². The van der Waals surface area contributed by atoms with E-state index in [2.05, 4.69) is 222 Å². The SMILES string of the molecule is CC(C)Cc1cc(-c2ccccc2)ncc1[Si](C)(C)C.CC(C)Cc1ccnc(-c2ccccc2)c1.[Ir].c1ccc(-c2cccc(-c3ccc4c(c3)oc3c(-c5cc(CC6CCCC6)ccn5)cccc34)c2)cc1. The second-order valence-electron chi connectivity index (χ2n) is 21.8. The predicted molar refractivity (Wildman–Crippen MR) is 313 cm³/mol. The van der Waals surface area contributed by atoms with Gasteiger partial charge in [-0.25, -0.2) is 0 Å². The second-order valence-corrected chi connectivity index (χ2v) is 26.8. The Kier molecular flexibility index (Phi) is 18.2. The van der Waals surface area contributed by atoms with Gasteiger partial charge in [0.05, 0.1) is 25.2 Å². The summed E-state index contributed by atoms with van der Waals surface area (Å²) >= 11 is 0. The number of nitrogens with zero attached hydrogens (tertiary/aromatic N) is 3. The summed E-state index contributed by atoms with van der Waals surface area (Å²) in [6.07, 6.45) is 14.9. The molecule has 0 aliphatic heterocycles. The average Bonchev–Trinajstić information content (AvgIpc) is 4.07. The zero-order valence-electron chi connectivity index (χ0n) is 44.3. The Labute approximate surface area is 455 Å². The van der Waals surface area contributed by atoms with E-state index in [1.165, 1.54) is 75.4 Å². The van der Waals surface area contributed by atoms with Gasteiger partial charge < -0.3 is 4.42 Å². The van der Waals surface area contributed by atoms with E-state index in [1.54, 1.807) is 0 Å². The molecule has 0 bridgehead atoms. The average molecular weight is 1170 g/mol. The molecular formula is C68H71IrN3OSi. The van der Waals surface area contributed by atoms with Crippen molar-refractivity contribution in [2.24, 2.45) is 17.8 Å². The second kappa shape index (κ2) is 25.1. The minimum atomic E-state index is -1.33. The van der Waals surface area contributed by atoms with Crippen molar-refractivity contribution in [2.45, 2.75) is 92.3 Å². The van der Waals surface area contributed by atoms with Gasteiger partial charge >= 0.3 is 0 Å². The van der Waals surface area contributed by atoms with Gasteiger partial charge in [0.15, 0.2) is 0 Å². The van der Waals surface area contributed by atoms with Crippen LogP contribution >= 0.6 is 0 Å². The third-order valence-corrected chi connectivity index (χ3v) is 16.0. The third kappa shape index (κ3) is 13.8. The van der Waals surface area contributed by atoms with Gasteiger partial charge in [-0.3, -0.25) is 15.0 Å². The van der Waals surface area contributed by atoms with E-state index in [9.17, 15) is 0 Å². The van der Waals surface area contributed by atoms with Crippen molar-refractivity contribution in [2.75, 3.05) is 0 Å². The van der Waals surface area contributed by atoms with Gasteiger partial charge in [0, 0.05) is 66.2 Å². The summed E-state index contributed by atoms with van der Waals surface area (Å²) in [5.41, 5.74) is 17.5. The quantitative estimate of drug-likeness (QED) is 0.114. The molecule has 10 aromatic rings. The van der Waals surface area contributed by atoms with Crippen molar-refractivity contribution in [3.63, 3.8) is 0 Å². The molecule has 0 unspecified atom stereocenters. The maximum atomic E-state index is 6.55. The molecule has 1 saturated carbocycles. The Balaban J connectivity index is 0.000000166. The summed E-state index contributed by atoms with van der Waals surface area (Å²) in [5, 5.41) is 3.79. The van der Waals surface area contributed by atoms with E-state index in [-0.39, 0.29) is 20.1 Å². The number of furan rings is 1. The van der Waals surface area contributed by atoms with Crippen molar-refractivity contribution in [3.8, 4) is 56.0 Å². The van der Waals surface area contributed by atoms with Crippen LogP contribution in [-0.4, -0.2) is 23.0 Å². The molecule has 4 heterocycles. The molecule has 4 nitrogen and oxygen atoms in total. The van der Waals surface area contributed by atoms with Crippen LogP contribution in [-0.2, 0) is 39.4 Å². The Hall–Kier alpha value is -6.56. The Morgan fingerprint density at radius 1 is 0.486 bits per heavy atom. The first-order valence-corrected chi connectivity index (χ1v) is 30.1. The van der Waals surface area contributed by atoms with Crippen molar-refractivity contribution in [3.05, 3.63) is 217 Å². The Morgan fingerprint density at radius 2 is 1.03 bits per heavy atom. The van der Waals surface area contributed by atoms with E-state index in [4.69, 9.17) is 14.4 Å². The Bertz CT molecular complexity index is 3370. The van der Waals surface area contributed by atoms with E-state index in [1.807, 2.05) is 30.6 Å². The number of pyridine rings is 3. The number of benzene rings is 6.